The number of piperazine rings is 1. The summed E-state index contributed by atoms with van der Waals surface area (Å²) in [5.41, 5.74) is 1.95. The SMILES string of the molecule is CCn1c(=O)c2sccc2n2c(CCCC(=O)N3CCN(c4ccc(Cl)cc4)CC3)nnc12. The Morgan fingerprint density at radius 3 is 2.58 bits per heavy atom. The van der Waals surface area contributed by atoms with Gasteiger partial charge in [0.05, 0.1) is 5.52 Å². The molecule has 1 saturated heterocycles. The number of hydrogen-bond donors (Lipinski definition) is 0. The van der Waals surface area contributed by atoms with E-state index in [4.69, 9.17) is 11.6 Å². The summed E-state index contributed by atoms with van der Waals surface area (Å²) < 4.78 is 4.33. The van der Waals surface area contributed by atoms with Gasteiger partial charge in [-0.15, -0.1) is 21.5 Å². The molecule has 10 heteroatoms. The van der Waals surface area contributed by atoms with Gasteiger partial charge in [-0.3, -0.25) is 18.6 Å². The average Bonchev–Trinajstić information content (AvgIpc) is 3.48. The van der Waals surface area contributed by atoms with Crippen LogP contribution in [0.1, 0.15) is 25.6 Å². The Bertz CT molecular complexity index is 1350. The Kier molecular flexibility index (Phi) is 6.07. The van der Waals surface area contributed by atoms with Crippen LogP contribution in [0.4, 0.5) is 5.69 Å². The molecule has 4 heterocycles. The summed E-state index contributed by atoms with van der Waals surface area (Å²) in [5, 5.41) is 11.3. The third-order valence-corrected chi connectivity index (χ3v) is 7.35. The van der Waals surface area contributed by atoms with Crippen molar-refractivity contribution in [3.63, 3.8) is 0 Å². The van der Waals surface area contributed by atoms with Gasteiger partial charge in [0.2, 0.25) is 11.7 Å². The molecule has 3 aromatic heterocycles. The third kappa shape index (κ3) is 4.11. The molecule has 0 saturated carbocycles. The molecule has 0 spiro atoms. The van der Waals surface area contributed by atoms with E-state index in [0.717, 1.165) is 35.1 Å². The molecule has 0 unspecified atom stereocenters. The number of rotatable bonds is 6. The van der Waals surface area contributed by atoms with E-state index in [2.05, 4.69) is 15.1 Å². The first-order valence-corrected chi connectivity index (χ1v) is 12.4. The lowest BCUT2D eigenvalue weighted by Crippen LogP contribution is -2.48. The molecule has 1 amide bonds. The number of carbonyl (C=O) groups is 1. The number of carbonyl (C=O) groups excluding carboxylic acids is 1. The van der Waals surface area contributed by atoms with Crippen LogP contribution in [-0.2, 0) is 17.8 Å². The van der Waals surface area contributed by atoms with Gasteiger partial charge in [-0.05, 0) is 49.1 Å². The highest BCUT2D eigenvalue weighted by atomic mass is 35.5. The second kappa shape index (κ2) is 9.15. The lowest BCUT2D eigenvalue weighted by molar-refractivity contribution is -0.131. The van der Waals surface area contributed by atoms with Gasteiger partial charge in [-0.25, -0.2) is 0 Å². The number of amides is 1. The van der Waals surface area contributed by atoms with E-state index < -0.39 is 0 Å². The van der Waals surface area contributed by atoms with Gasteiger partial charge in [0.1, 0.15) is 10.5 Å². The molecular weight excluding hydrogens is 460 g/mol. The fourth-order valence-electron chi connectivity index (χ4n) is 4.45. The molecule has 0 radical (unpaired) electrons. The first kappa shape index (κ1) is 21.9. The van der Waals surface area contributed by atoms with Crippen molar-refractivity contribution in [2.75, 3.05) is 31.1 Å². The topological polar surface area (TPSA) is 75.7 Å². The molecule has 1 aliphatic heterocycles. The molecule has 4 aromatic rings. The molecule has 1 aromatic carbocycles. The Balaban J connectivity index is 1.22. The molecule has 33 heavy (non-hydrogen) atoms. The number of thiophene rings is 1. The zero-order chi connectivity index (χ0) is 22.9. The Morgan fingerprint density at radius 1 is 1.09 bits per heavy atom. The van der Waals surface area contributed by atoms with E-state index in [0.29, 0.717) is 49.4 Å². The van der Waals surface area contributed by atoms with Crippen LogP contribution in [0.5, 0.6) is 0 Å². The summed E-state index contributed by atoms with van der Waals surface area (Å²) >= 11 is 7.42. The molecule has 1 fully saturated rings. The van der Waals surface area contributed by atoms with E-state index in [9.17, 15) is 9.59 Å². The molecule has 8 nitrogen and oxygen atoms in total. The summed E-state index contributed by atoms with van der Waals surface area (Å²) in [6.07, 6.45) is 1.79. The minimum absolute atomic E-state index is 0.0260. The van der Waals surface area contributed by atoms with Crippen molar-refractivity contribution < 1.29 is 4.79 Å². The van der Waals surface area contributed by atoms with Crippen LogP contribution in [-0.4, -0.2) is 56.2 Å². The molecule has 172 valence electrons. The number of aryl methyl sites for hydroxylation is 2. The van der Waals surface area contributed by atoms with Crippen molar-refractivity contribution in [2.24, 2.45) is 0 Å². The molecule has 1 aliphatic rings. The fourth-order valence-corrected chi connectivity index (χ4v) is 5.40. The van der Waals surface area contributed by atoms with Gasteiger partial charge in [0, 0.05) is 56.3 Å². The maximum atomic E-state index is 12.8. The van der Waals surface area contributed by atoms with Crippen molar-refractivity contribution in [1.82, 2.24) is 24.1 Å². The number of fused-ring (bicyclic) bond motifs is 3. The molecule has 0 aliphatic carbocycles. The van der Waals surface area contributed by atoms with E-state index >= 15 is 0 Å². The lowest BCUT2D eigenvalue weighted by atomic mass is 10.2. The Labute approximate surface area is 200 Å². The smallest absolute Gasteiger partial charge is 0.272 e. The first-order chi connectivity index (χ1) is 16.1. The van der Waals surface area contributed by atoms with E-state index in [1.54, 1.807) is 4.57 Å². The highest BCUT2D eigenvalue weighted by Gasteiger charge is 2.22. The standard InChI is InChI=1S/C23H25ClN6O2S/c1-2-29-22(32)21-18(10-15-33-21)30-19(25-26-23(29)30)4-3-5-20(31)28-13-11-27(12-14-28)17-8-6-16(24)7-9-17/h6-10,15H,2-5,11-14H2,1H3. The zero-order valence-corrected chi connectivity index (χ0v) is 20.0. The largest absolute Gasteiger partial charge is 0.368 e. The maximum Gasteiger partial charge on any atom is 0.272 e. The lowest BCUT2D eigenvalue weighted by Gasteiger charge is -2.36. The van der Waals surface area contributed by atoms with Gasteiger partial charge < -0.3 is 9.80 Å². The quantitative estimate of drug-likeness (QED) is 0.419. The van der Waals surface area contributed by atoms with Crippen LogP contribution in [0.2, 0.25) is 5.02 Å². The summed E-state index contributed by atoms with van der Waals surface area (Å²) in [6, 6.07) is 9.77. The van der Waals surface area contributed by atoms with Gasteiger partial charge in [0.15, 0.2) is 0 Å². The second-order valence-corrected chi connectivity index (χ2v) is 9.49. The fraction of sp³-hybridized carbons (Fsp3) is 0.391. The number of hydrogen-bond acceptors (Lipinski definition) is 6. The Morgan fingerprint density at radius 2 is 1.85 bits per heavy atom. The first-order valence-electron chi connectivity index (χ1n) is 11.2. The second-order valence-electron chi connectivity index (χ2n) is 8.13. The van der Waals surface area contributed by atoms with Crippen molar-refractivity contribution >= 4 is 50.5 Å². The molecule has 0 N–H and O–H groups in total. The minimum Gasteiger partial charge on any atom is -0.368 e. The summed E-state index contributed by atoms with van der Waals surface area (Å²) in [5.74, 6) is 1.52. The van der Waals surface area contributed by atoms with Gasteiger partial charge in [0.25, 0.3) is 5.56 Å². The van der Waals surface area contributed by atoms with E-state index in [-0.39, 0.29) is 11.5 Å². The Hall–Kier alpha value is -2.91. The predicted molar refractivity (Wildman–Crippen MR) is 131 cm³/mol. The minimum atomic E-state index is -0.0260. The van der Waals surface area contributed by atoms with E-state index in [1.165, 1.54) is 11.3 Å². The van der Waals surface area contributed by atoms with Crippen LogP contribution >= 0.6 is 22.9 Å². The molecule has 0 bridgehead atoms. The monoisotopic (exact) mass is 484 g/mol. The van der Waals surface area contributed by atoms with E-state index in [1.807, 2.05) is 51.9 Å². The average molecular weight is 485 g/mol. The maximum absolute atomic E-state index is 12.8. The third-order valence-electron chi connectivity index (χ3n) is 6.21. The number of nitrogens with zero attached hydrogens (tertiary/aromatic N) is 6. The van der Waals surface area contributed by atoms with Gasteiger partial charge in [-0.2, -0.15) is 0 Å². The number of anilines is 1. The number of aromatic nitrogens is 4. The highest BCUT2D eigenvalue weighted by Crippen LogP contribution is 2.22. The predicted octanol–water partition coefficient (Wildman–Crippen LogP) is 3.45. The van der Waals surface area contributed by atoms with Crippen LogP contribution < -0.4 is 10.5 Å². The van der Waals surface area contributed by atoms with Gasteiger partial charge in [-0.1, -0.05) is 11.6 Å². The van der Waals surface area contributed by atoms with Crippen molar-refractivity contribution in [3.8, 4) is 0 Å². The van der Waals surface area contributed by atoms with Crippen molar-refractivity contribution in [2.45, 2.75) is 32.7 Å². The molecule has 0 atom stereocenters. The van der Waals surface area contributed by atoms with Crippen LogP contribution in [0.15, 0.2) is 40.5 Å². The van der Waals surface area contributed by atoms with Crippen LogP contribution in [0, 0.1) is 0 Å². The number of halogens is 1. The molecule has 5 rings (SSSR count). The van der Waals surface area contributed by atoms with Crippen molar-refractivity contribution in [1.29, 1.82) is 0 Å². The van der Waals surface area contributed by atoms with Crippen molar-refractivity contribution in [3.05, 3.63) is 56.9 Å². The summed E-state index contributed by atoms with van der Waals surface area (Å²) in [7, 11) is 0. The normalized spacial score (nSPS) is 14.5. The van der Waals surface area contributed by atoms with Gasteiger partial charge >= 0.3 is 0 Å². The molecular formula is C23H25ClN6O2S. The zero-order valence-electron chi connectivity index (χ0n) is 18.4. The summed E-state index contributed by atoms with van der Waals surface area (Å²) in [4.78, 5) is 29.7. The highest BCUT2D eigenvalue weighted by molar-refractivity contribution is 7.17. The summed E-state index contributed by atoms with van der Waals surface area (Å²) in [6.45, 7) is 5.52. The number of benzene rings is 1. The van der Waals surface area contributed by atoms with Crippen LogP contribution in [0.25, 0.3) is 16.0 Å². The van der Waals surface area contributed by atoms with Crippen LogP contribution in [0.3, 0.4) is 0 Å².